The first-order chi connectivity index (χ1) is 17.1. The van der Waals surface area contributed by atoms with Gasteiger partial charge in [-0.3, -0.25) is 9.59 Å². The Labute approximate surface area is 224 Å². The number of hydrogen-bond donors (Lipinski definition) is 2. The van der Waals surface area contributed by atoms with Gasteiger partial charge in [-0.25, -0.2) is 0 Å². The average Bonchev–Trinajstić information content (AvgIpc) is 2.82. The van der Waals surface area contributed by atoms with Crippen LogP contribution >= 0.6 is 34.8 Å². The van der Waals surface area contributed by atoms with E-state index in [1.54, 1.807) is 24.3 Å². The van der Waals surface area contributed by atoms with Crippen molar-refractivity contribution in [3.63, 3.8) is 0 Å². The molecule has 0 bridgehead atoms. The molecule has 0 aliphatic heterocycles. The van der Waals surface area contributed by atoms with Crippen LogP contribution in [0.1, 0.15) is 22.3 Å². The largest absolute Gasteiger partial charge is 0.481 e. The van der Waals surface area contributed by atoms with E-state index in [0.717, 1.165) is 16.7 Å². The van der Waals surface area contributed by atoms with Gasteiger partial charge >= 0.3 is 0 Å². The normalized spacial score (nSPS) is 11.0. The van der Waals surface area contributed by atoms with Gasteiger partial charge in [-0.2, -0.15) is 5.26 Å². The smallest absolute Gasteiger partial charge is 0.266 e. The molecular weight excluding hydrogens is 521 g/mol. The molecule has 0 radical (unpaired) electrons. The second-order valence-electron chi connectivity index (χ2n) is 7.99. The summed E-state index contributed by atoms with van der Waals surface area (Å²) >= 11 is 18.7. The number of nitrogens with one attached hydrogen (secondary N) is 2. The van der Waals surface area contributed by atoms with Crippen molar-refractivity contribution in [1.29, 1.82) is 5.26 Å². The van der Waals surface area contributed by atoms with E-state index in [2.05, 4.69) is 10.6 Å². The van der Waals surface area contributed by atoms with Gasteiger partial charge in [0.2, 0.25) is 0 Å². The summed E-state index contributed by atoms with van der Waals surface area (Å²) in [6.45, 7) is 5.33. The molecule has 0 aliphatic rings. The molecule has 6 nitrogen and oxygen atoms in total. The minimum Gasteiger partial charge on any atom is -0.481 e. The quantitative estimate of drug-likeness (QED) is 0.245. The lowest BCUT2D eigenvalue weighted by Crippen LogP contribution is -2.20. The fourth-order valence-corrected chi connectivity index (χ4v) is 3.99. The lowest BCUT2D eigenvalue weighted by molar-refractivity contribution is -0.118. The SMILES string of the molecule is Cc1ccc(NC(=O)COc2c(Cl)cc(/C=C(/C#N)C(=O)Nc3cccc(C)c3C)cc2Cl)cc1Cl. The van der Waals surface area contributed by atoms with Crippen LogP contribution in [0.25, 0.3) is 6.08 Å². The summed E-state index contributed by atoms with van der Waals surface area (Å²) in [5.41, 5.74) is 4.25. The van der Waals surface area contributed by atoms with Crippen molar-refractivity contribution in [1.82, 2.24) is 0 Å². The highest BCUT2D eigenvalue weighted by Gasteiger charge is 2.15. The minimum atomic E-state index is -0.563. The highest BCUT2D eigenvalue weighted by Crippen LogP contribution is 2.35. The van der Waals surface area contributed by atoms with Gasteiger partial charge in [-0.05, 0) is 79.4 Å². The second kappa shape index (κ2) is 12.0. The third-order valence-electron chi connectivity index (χ3n) is 5.35. The number of amides is 2. The molecular formula is C27H22Cl3N3O3. The molecule has 3 aromatic carbocycles. The Morgan fingerprint density at radius 1 is 0.944 bits per heavy atom. The summed E-state index contributed by atoms with van der Waals surface area (Å²) in [5.74, 6) is -0.890. The number of carbonyl (C=O) groups excluding carboxylic acids is 2. The number of benzene rings is 3. The van der Waals surface area contributed by atoms with Crippen LogP contribution in [-0.2, 0) is 9.59 Å². The summed E-state index contributed by atoms with van der Waals surface area (Å²) in [6.07, 6.45) is 1.37. The van der Waals surface area contributed by atoms with Gasteiger partial charge in [0.1, 0.15) is 11.6 Å². The number of hydrogen-bond acceptors (Lipinski definition) is 4. The number of ether oxygens (including phenoxy) is 1. The Kier molecular flexibility index (Phi) is 9.00. The summed E-state index contributed by atoms with van der Waals surface area (Å²) in [4.78, 5) is 24.9. The number of nitriles is 1. The predicted molar refractivity (Wildman–Crippen MR) is 145 cm³/mol. The summed E-state index contributed by atoms with van der Waals surface area (Å²) in [7, 11) is 0. The fourth-order valence-electron chi connectivity index (χ4n) is 3.20. The number of aryl methyl sites for hydroxylation is 2. The molecule has 0 spiro atoms. The first kappa shape index (κ1) is 27.1. The molecule has 0 aromatic heterocycles. The maximum absolute atomic E-state index is 12.7. The first-order valence-electron chi connectivity index (χ1n) is 10.8. The van der Waals surface area contributed by atoms with Crippen LogP contribution in [0, 0.1) is 32.1 Å². The molecule has 0 unspecified atom stereocenters. The number of halogens is 3. The van der Waals surface area contributed by atoms with E-state index in [4.69, 9.17) is 39.5 Å². The van der Waals surface area contributed by atoms with Crippen molar-refractivity contribution >= 4 is 64.1 Å². The summed E-state index contributed by atoms with van der Waals surface area (Å²) < 4.78 is 5.52. The van der Waals surface area contributed by atoms with Crippen LogP contribution in [0.2, 0.25) is 15.1 Å². The van der Waals surface area contributed by atoms with Crippen molar-refractivity contribution in [3.8, 4) is 11.8 Å². The van der Waals surface area contributed by atoms with E-state index in [-0.39, 0.29) is 28.0 Å². The van der Waals surface area contributed by atoms with Crippen LogP contribution in [0.3, 0.4) is 0 Å². The van der Waals surface area contributed by atoms with Crippen LogP contribution in [0.4, 0.5) is 11.4 Å². The fraction of sp³-hybridized carbons (Fsp3) is 0.148. The highest BCUT2D eigenvalue weighted by molar-refractivity contribution is 6.37. The van der Waals surface area contributed by atoms with Gasteiger partial charge < -0.3 is 15.4 Å². The Morgan fingerprint density at radius 2 is 1.64 bits per heavy atom. The molecule has 3 aromatic rings. The Bertz CT molecular complexity index is 1390. The van der Waals surface area contributed by atoms with Gasteiger partial charge in [-0.1, -0.05) is 53.0 Å². The van der Waals surface area contributed by atoms with E-state index >= 15 is 0 Å². The van der Waals surface area contributed by atoms with Gasteiger partial charge in [0, 0.05) is 16.4 Å². The predicted octanol–water partition coefficient (Wildman–Crippen LogP) is 7.14. The van der Waals surface area contributed by atoms with Crippen LogP contribution < -0.4 is 15.4 Å². The van der Waals surface area contributed by atoms with Crippen LogP contribution in [0.5, 0.6) is 5.75 Å². The van der Waals surface area contributed by atoms with Crippen molar-refractivity contribution in [3.05, 3.63) is 91.4 Å². The van der Waals surface area contributed by atoms with Crippen LogP contribution in [-0.4, -0.2) is 18.4 Å². The molecule has 0 fully saturated rings. The standard InChI is InChI=1S/C27H22Cl3N3O3/c1-15-5-4-6-24(17(15)3)33-27(35)19(13-31)9-18-10-22(29)26(23(30)11-18)36-14-25(34)32-20-8-7-16(2)21(28)12-20/h4-12H,14H2,1-3H3,(H,32,34)(H,33,35)/b19-9-. The number of nitrogens with zero attached hydrogens (tertiary/aromatic N) is 1. The molecule has 0 heterocycles. The van der Waals surface area contributed by atoms with Gasteiger partial charge in [0.05, 0.1) is 10.0 Å². The zero-order valence-electron chi connectivity index (χ0n) is 19.7. The molecule has 0 aliphatic carbocycles. The maximum atomic E-state index is 12.7. The molecule has 36 heavy (non-hydrogen) atoms. The highest BCUT2D eigenvalue weighted by atomic mass is 35.5. The zero-order valence-corrected chi connectivity index (χ0v) is 22.0. The Balaban J connectivity index is 1.71. The maximum Gasteiger partial charge on any atom is 0.266 e. The Hall–Kier alpha value is -3.50. The first-order valence-corrected chi connectivity index (χ1v) is 11.9. The van der Waals surface area contributed by atoms with Crippen molar-refractivity contribution in [2.45, 2.75) is 20.8 Å². The monoisotopic (exact) mass is 541 g/mol. The van der Waals surface area contributed by atoms with Gasteiger partial charge in [0.15, 0.2) is 12.4 Å². The molecule has 184 valence electrons. The van der Waals surface area contributed by atoms with Crippen molar-refractivity contribution < 1.29 is 14.3 Å². The molecule has 3 rings (SSSR count). The topological polar surface area (TPSA) is 91.2 Å². The number of anilines is 2. The molecule has 2 N–H and O–H groups in total. The number of carbonyl (C=O) groups is 2. The van der Waals surface area contributed by atoms with Crippen LogP contribution in [0.15, 0.2) is 54.1 Å². The van der Waals surface area contributed by atoms with E-state index in [1.807, 2.05) is 39.0 Å². The Morgan fingerprint density at radius 3 is 2.28 bits per heavy atom. The molecule has 0 saturated carbocycles. The molecule has 9 heteroatoms. The average molecular weight is 543 g/mol. The third-order valence-corrected chi connectivity index (χ3v) is 6.32. The van der Waals surface area contributed by atoms with Crippen molar-refractivity contribution in [2.24, 2.45) is 0 Å². The zero-order chi connectivity index (χ0) is 26.4. The van der Waals surface area contributed by atoms with E-state index in [0.29, 0.717) is 22.0 Å². The second-order valence-corrected chi connectivity index (χ2v) is 9.21. The van der Waals surface area contributed by atoms with E-state index < -0.39 is 11.8 Å². The minimum absolute atomic E-state index is 0.103. The van der Waals surface area contributed by atoms with E-state index in [9.17, 15) is 14.9 Å². The third kappa shape index (κ3) is 6.79. The molecule has 0 saturated heterocycles. The number of rotatable bonds is 7. The van der Waals surface area contributed by atoms with E-state index in [1.165, 1.54) is 18.2 Å². The lowest BCUT2D eigenvalue weighted by atomic mass is 10.1. The summed E-state index contributed by atoms with van der Waals surface area (Å²) in [6, 6.07) is 15.5. The van der Waals surface area contributed by atoms with Gasteiger partial charge in [0.25, 0.3) is 11.8 Å². The van der Waals surface area contributed by atoms with Crippen molar-refractivity contribution in [2.75, 3.05) is 17.2 Å². The van der Waals surface area contributed by atoms with Gasteiger partial charge in [-0.15, -0.1) is 0 Å². The summed E-state index contributed by atoms with van der Waals surface area (Å²) in [5, 5.41) is 15.7. The molecule has 2 amide bonds. The lowest BCUT2D eigenvalue weighted by Gasteiger charge is -2.12. The molecule has 0 atom stereocenters.